The van der Waals surface area contributed by atoms with Gasteiger partial charge in [0.1, 0.15) is 0 Å². The second-order valence-electron chi connectivity index (χ2n) is 9.63. The smallest absolute Gasteiger partial charge is 0.411 e. The van der Waals surface area contributed by atoms with Gasteiger partial charge in [0.15, 0.2) is 11.5 Å². The molecule has 2 aromatic rings. The summed E-state index contributed by atoms with van der Waals surface area (Å²) in [4.78, 5) is 28.7. The molecule has 1 saturated heterocycles. The van der Waals surface area contributed by atoms with Gasteiger partial charge in [0.05, 0.1) is 31.2 Å². The van der Waals surface area contributed by atoms with E-state index in [1.165, 1.54) is 34.5 Å². The summed E-state index contributed by atoms with van der Waals surface area (Å²) in [5, 5.41) is 15.9. The van der Waals surface area contributed by atoms with E-state index in [1.807, 2.05) is 44.2 Å². The van der Waals surface area contributed by atoms with Crippen LogP contribution in [-0.2, 0) is 6.54 Å². The molecule has 0 aromatic heterocycles. The predicted molar refractivity (Wildman–Crippen MR) is 155 cm³/mol. The Hall–Kier alpha value is -3.24. The Bertz CT molecular complexity index is 1170. The van der Waals surface area contributed by atoms with E-state index in [0.29, 0.717) is 36.9 Å². The van der Waals surface area contributed by atoms with Crippen molar-refractivity contribution in [3.8, 4) is 11.5 Å². The number of ether oxygens (including phenoxy) is 2. The maximum absolute atomic E-state index is 13.0. The van der Waals surface area contributed by atoms with E-state index in [0.717, 1.165) is 49.3 Å². The van der Waals surface area contributed by atoms with Crippen LogP contribution in [0.1, 0.15) is 50.7 Å². The Morgan fingerprint density at radius 1 is 1.13 bits per heavy atom. The third-order valence-corrected chi connectivity index (χ3v) is 8.24. The van der Waals surface area contributed by atoms with Crippen LogP contribution >= 0.6 is 11.8 Å². The van der Waals surface area contributed by atoms with Crippen LogP contribution in [0.5, 0.6) is 11.5 Å². The van der Waals surface area contributed by atoms with Crippen molar-refractivity contribution in [1.29, 1.82) is 0 Å². The highest BCUT2D eigenvalue weighted by molar-refractivity contribution is 8.14. The molecular weight excluding hydrogens is 516 g/mol. The van der Waals surface area contributed by atoms with Gasteiger partial charge in [0.25, 0.3) is 0 Å². The number of hydrogen-bond acceptors (Lipinski definition) is 7. The zero-order valence-electron chi connectivity index (χ0n) is 23.0. The molecule has 1 fully saturated rings. The molecule has 0 radical (unpaired) electrons. The van der Waals surface area contributed by atoms with Crippen molar-refractivity contribution in [3.05, 3.63) is 53.6 Å². The number of hydrogen-bond donors (Lipinski definition) is 1. The fourth-order valence-corrected chi connectivity index (χ4v) is 5.88. The quantitative estimate of drug-likeness (QED) is 0.348. The second-order valence-corrected chi connectivity index (χ2v) is 10.8. The molecule has 1 atom stereocenters. The summed E-state index contributed by atoms with van der Waals surface area (Å²) in [5.41, 5.74) is 3.21. The standard InChI is InChI=1S/C29H38N4O5S/c1-4-26-27(22-11-14-24(37-3)25(19-22)38-5-2)30-33(29(36)39-26)20-21-9-12-23(13-10-21)32(28(34)35)18-8-17-31-15-6-7-16-31/h9-14,19,26H,4-8,15-18,20H2,1-3H3,(H,34,35). The number of likely N-dealkylation sites (tertiary alicyclic amines) is 1. The molecule has 39 heavy (non-hydrogen) atoms. The van der Waals surface area contributed by atoms with Crippen molar-refractivity contribution in [2.75, 3.05) is 44.8 Å². The summed E-state index contributed by atoms with van der Waals surface area (Å²) in [5.74, 6) is 1.29. The first kappa shape index (κ1) is 28.8. The fraction of sp³-hybridized carbons (Fsp3) is 0.483. The first-order valence-electron chi connectivity index (χ1n) is 13.6. The van der Waals surface area contributed by atoms with Crippen LogP contribution in [0.15, 0.2) is 47.6 Å². The maximum Gasteiger partial charge on any atom is 0.411 e. The van der Waals surface area contributed by atoms with E-state index in [9.17, 15) is 14.7 Å². The third-order valence-electron chi connectivity index (χ3n) is 6.98. The van der Waals surface area contributed by atoms with Crippen molar-refractivity contribution in [1.82, 2.24) is 9.91 Å². The highest BCUT2D eigenvalue weighted by atomic mass is 32.2. The summed E-state index contributed by atoms with van der Waals surface area (Å²) in [7, 11) is 1.61. The molecule has 9 nitrogen and oxygen atoms in total. The van der Waals surface area contributed by atoms with Gasteiger partial charge >= 0.3 is 11.3 Å². The lowest BCUT2D eigenvalue weighted by atomic mass is 10.0. The largest absolute Gasteiger partial charge is 0.493 e. The van der Waals surface area contributed by atoms with Crippen molar-refractivity contribution in [2.45, 2.75) is 51.3 Å². The highest BCUT2D eigenvalue weighted by Gasteiger charge is 2.31. The fourth-order valence-electron chi connectivity index (χ4n) is 4.95. The van der Waals surface area contributed by atoms with Gasteiger partial charge in [0, 0.05) is 17.8 Å². The molecule has 1 unspecified atom stereocenters. The number of rotatable bonds is 12. The SMILES string of the molecule is CCOc1cc(C2=NN(Cc3ccc(N(CCCN4CCCC4)C(=O)O)cc3)C(=O)SC2CC)ccc1OC. The van der Waals surface area contributed by atoms with E-state index < -0.39 is 6.09 Å². The van der Waals surface area contributed by atoms with Crippen molar-refractivity contribution in [2.24, 2.45) is 5.10 Å². The zero-order valence-corrected chi connectivity index (χ0v) is 23.8. The van der Waals surface area contributed by atoms with Crippen LogP contribution in [-0.4, -0.2) is 77.2 Å². The Morgan fingerprint density at radius 2 is 1.87 bits per heavy atom. The third kappa shape index (κ3) is 7.24. The van der Waals surface area contributed by atoms with Crippen LogP contribution in [0.3, 0.4) is 0 Å². The molecule has 2 amide bonds. The average Bonchev–Trinajstić information content (AvgIpc) is 3.46. The molecule has 210 valence electrons. The highest BCUT2D eigenvalue weighted by Crippen LogP contribution is 2.34. The summed E-state index contributed by atoms with van der Waals surface area (Å²) >= 11 is 1.27. The maximum atomic E-state index is 13.0. The number of hydrazone groups is 1. The molecule has 0 saturated carbocycles. The summed E-state index contributed by atoms with van der Waals surface area (Å²) in [6, 6.07) is 13.1. The van der Waals surface area contributed by atoms with Crippen LogP contribution in [0.25, 0.3) is 0 Å². The Balaban J connectivity index is 1.48. The molecule has 0 bridgehead atoms. The van der Waals surface area contributed by atoms with Gasteiger partial charge < -0.3 is 19.5 Å². The first-order chi connectivity index (χ1) is 18.9. The predicted octanol–water partition coefficient (Wildman–Crippen LogP) is 5.92. The number of carbonyl (C=O) groups is 2. The van der Waals surface area contributed by atoms with Gasteiger partial charge in [-0.25, -0.2) is 9.80 Å². The Kier molecular flexibility index (Phi) is 10.1. The zero-order chi connectivity index (χ0) is 27.8. The molecular formula is C29H38N4O5S. The van der Waals surface area contributed by atoms with Crippen molar-refractivity contribution in [3.63, 3.8) is 0 Å². The summed E-state index contributed by atoms with van der Waals surface area (Å²) in [6.45, 7) is 8.33. The van der Waals surface area contributed by atoms with Gasteiger partial charge in [-0.05, 0) is 88.1 Å². The van der Waals surface area contributed by atoms with Crippen LogP contribution in [0.4, 0.5) is 15.3 Å². The number of methoxy groups -OCH3 is 1. The average molecular weight is 555 g/mol. The molecule has 4 rings (SSSR count). The Morgan fingerprint density at radius 3 is 2.51 bits per heavy atom. The number of carboxylic acid groups (broad SMARTS) is 1. The monoisotopic (exact) mass is 554 g/mol. The number of benzene rings is 2. The molecule has 2 aromatic carbocycles. The molecule has 10 heteroatoms. The van der Waals surface area contributed by atoms with Crippen LogP contribution in [0.2, 0.25) is 0 Å². The molecule has 0 aliphatic carbocycles. The van der Waals surface area contributed by atoms with E-state index >= 15 is 0 Å². The number of nitrogens with zero attached hydrogens (tertiary/aromatic N) is 4. The van der Waals surface area contributed by atoms with E-state index in [-0.39, 0.29) is 10.5 Å². The molecule has 1 N–H and O–H groups in total. The van der Waals surface area contributed by atoms with Crippen molar-refractivity contribution >= 4 is 34.5 Å². The van der Waals surface area contributed by atoms with Crippen molar-refractivity contribution < 1.29 is 24.2 Å². The Labute approximate surface area is 234 Å². The summed E-state index contributed by atoms with van der Waals surface area (Å²) < 4.78 is 11.2. The van der Waals surface area contributed by atoms with Gasteiger partial charge in [0.2, 0.25) is 0 Å². The van der Waals surface area contributed by atoms with Gasteiger partial charge in [-0.3, -0.25) is 9.69 Å². The van der Waals surface area contributed by atoms with Gasteiger partial charge in [-0.2, -0.15) is 5.10 Å². The lowest BCUT2D eigenvalue weighted by molar-refractivity contribution is 0.201. The topological polar surface area (TPSA) is 94.9 Å². The number of carbonyl (C=O) groups excluding carboxylic acids is 1. The van der Waals surface area contributed by atoms with E-state index in [2.05, 4.69) is 4.90 Å². The molecule has 2 aliphatic heterocycles. The number of anilines is 1. The molecule has 2 heterocycles. The lowest BCUT2D eigenvalue weighted by Crippen LogP contribution is -2.35. The molecule has 0 spiro atoms. The minimum atomic E-state index is -0.961. The van der Waals surface area contributed by atoms with E-state index in [4.69, 9.17) is 14.6 Å². The normalized spacial score (nSPS) is 17.7. The van der Waals surface area contributed by atoms with Crippen LogP contribution < -0.4 is 14.4 Å². The first-order valence-corrected chi connectivity index (χ1v) is 14.5. The number of thioether (sulfide) groups is 1. The van der Waals surface area contributed by atoms with Crippen LogP contribution in [0, 0.1) is 0 Å². The molecule has 2 aliphatic rings. The minimum Gasteiger partial charge on any atom is -0.493 e. The van der Waals surface area contributed by atoms with Gasteiger partial charge in [-0.1, -0.05) is 30.8 Å². The van der Waals surface area contributed by atoms with Gasteiger partial charge in [-0.15, -0.1) is 0 Å². The minimum absolute atomic E-state index is 0.0660. The van der Waals surface area contributed by atoms with E-state index in [1.54, 1.807) is 19.2 Å². The second kappa shape index (κ2) is 13.7. The number of amides is 2. The summed E-state index contributed by atoms with van der Waals surface area (Å²) in [6.07, 6.45) is 3.04. The lowest BCUT2D eigenvalue weighted by Gasteiger charge is -2.29.